The van der Waals surface area contributed by atoms with Crippen molar-refractivity contribution >= 4 is 5.82 Å². The summed E-state index contributed by atoms with van der Waals surface area (Å²) in [6.45, 7) is 0.0186. The van der Waals surface area contributed by atoms with Gasteiger partial charge in [-0.05, 0) is 24.8 Å². The maximum absolute atomic E-state index is 9.48. The lowest BCUT2D eigenvalue weighted by Crippen LogP contribution is -2.24. The number of rotatable bonds is 4. The maximum Gasteiger partial charge on any atom is 0.133 e. The second kappa shape index (κ2) is 6.20. The van der Waals surface area contributed by atoms with Crippen molar-refractivity contribution in [3.05, 3.63) is 41.7 Å². The molecule has 0 amide bonds. The molecule has 0 spiro atoms. The van der Waals surface area contributed by atoms with Crippen LogP contribution < -0.4 is 5.32 Å². The highest BCUT2D eigenvalue weighted by atomic mass is 16.3. The monoisotopic (exact) mass is 285 g/mol. The van der Waals surface area contributed by atoms with Gasteiger partial charge in [0.15, 0.2) is 0 Å². The SMILES string of the molecule is OCC(O)CNc1ncnc2c1CCCc1ccccc1-2. The Morgan fingerprint density at radius 1 is 1.19 bits per heavy atom. The Morgan fingerprint density at radius 2 is 2.05 bits per heavy atom. The molecular weight excluding hydrogens is 266 g/mol. The van der Waals surface area contributed by atoms with Gasteiger partial charge < -0.3 is 15.5 Å². The van der Waals surface area contributed by atoms with Crippen LogP contribution in [-0.4, -0.2) is 39.4 Å². The first-order valence-corrected chi connectivity index (χ1v) is 7.24. The fourth-order valence-corrected chi connectivity index (χ4v) is 2.74. The van der Waals surface area contributed by atoms with Gasteiger partial charge >= 0.3 is 0 Å². The molecule has 1 atom stereocenters. The van der Waals surface area contributed by atoms with Gasteiger partial charge in [0.25, 0.3) is 0 Å². The van der Waals surface area contributed by atoms with Crippen molar-refractivity contribution in [2.24, 2.45) is 0 Å². The number of hydrogen-bond donors (Lipinski definition) is 3. The van der Waals surface area contributed by atoms with Crippen LogP contribution in [0.2, 0.25) is 0 Å². The fraction of sp³-hybridized carbons (Fsp3) is 0.375. The van der Waals surface area contributed by atoms with E-state index in [1.807, 2.05) is 6.07 Å². The van der Waals surface area contributed by atoms with Gasteiger partial charge in [0.2, 0.25) is 0 Å². The average Bonchev–Trinajstić information content (AvgIpc) is 2.72. The number of hydrogen-bond acceptors (Lipinski definition) is 5. The third-order valence-corrected chi connectivity index (χ3v) is 3.81. The van der Waals surface area contributed by atoms with Gasteiger partial charge in [-0.1, -0.05) is 24.3 Å². The number of aromatic nitrogens is 2. The first-order chi connectivity index (χ1) is 10.3. The highest BCUT2D eigenvalue weighted by Crippen LogP contribution is 2.33. The van der Waals surface area contributed by atoms with Crippen LogP contribution in [0.5, 0.6) is 0 Å². The average molecular weight is 285 g/mol. The molecule has 1 aliphatic rings. The molecule has 5 nitrogen and oxygen atoms in total. The van der Waals surface area contributed by atoms with Crippen LogP contribution in [0.1, 0.15) is 17.5 Å². The molecule has 0 saturated carbocycles. The Kier molecular flexibility index (Phi) is 4.13. The quantitative estimate of drug-likeness (QED) is 0.791. The summed E-state index contributed by atoms with van der Waals surface area (Å²) >= 11 is 0. The first kappa shape index (κ1) is 14.0. The Morgan fingerprint density at radius 3 is 2.90 bits per heavy atom. The Balaban J connectivity index is 1.97. The summed E-state index contributed by atoms with van der Waals surface area (Å²) in [6.07, 6.45) is 3.75. The molecule has 0 aliphatic heterocycles. The summed E-state index contributed by atoms with van der Waals surface area (Å²) in [6, 6.07) is 8.33. The normalized spacial score (nSPS) is 14.8. The van der Waals surface area contributed by atoms with Gasteiger partial charge in [-0.3, -0.25) is 0 Å². The number of aryl methyl sites for hydroxylation is 1. The first-order valence-electron chi connectivity index (χ1n) is 7.24. The van der Waals surface area contributed by atoms with E-state index >= 15 is 0 Å². The second-order valence-electron chi connectivity index (χ2n) is 5.28. The molecular formula is C16H19N3O2. The van der Waals surface area contributed by atoms with Gasteiger partial charge in [-0.25, -0.2) is 9.97 Å². The number of aliphatic hydroxyl groups is 2. The summed E-state index contributed by atoms with van der Waals surface area (Å²) in [7, 11) is 0. The molecule has 1 heterocycles. The smallest absolute Gasteiger partial charge is 0.133 e. The summed E-state index contributed by atoms with van der Waals surface area (Å²) in [5, 5.41) is 21.5. The van der Waals surface area contributed by atoms with E-state index in [0.717, 1.165) is 41.9 Å². The van der Waals surface area contributed by atoms with Gasteiger partial charge in [0, 0.05) is 17.7 Å². The Hall–Kier alpha value is -1.98. The van der Waals surface area contributed by atoms with Crippen LogP contribution in [0, 0.1) is 0 Å². The van der Waals surface area contributed by atoms with Crippen molar-refractivity contribution in [2.75, 3.05) is 18.5 Å². The van der Waals surface area contributed by atoms with Crippen molar-refractivity contribution < 1.29 is 10.2 Å². The molecule has 1 aromatic heterocycles. The molecule has 1 aromatic carbocycles. The van der Waals surface area contributed by atoms with Crippen molar-refractivity contribution in [3.8, 4) is 11.3 Å². The van der Waals surface area contributed by atoms with Gasteiger partial charge in [0.1, 0.15) is 12.1 Å². The zero-order valence-corrected chi connectivity index (χ0v) is 11.8. The maximum atomic E-state index is 9.48. The fourth-order valence-electron chi connectivity index (χ4n) is 2.74. The number of anilines is 1. The standard InChI is InChI=1S/C16H19N3O2/c20-9-12(21)8-17-16-14-7-3-5-11-4-1-2-6-13(11)15(14)18-10-19-16/h1-2,4,6,10,12,20-21H,3,5,7-9H2,(H,17,18,19). The number of nitrogens with one attached hydrogen (secondary N) is 1. The van der Waals surface area contributed by atoms with E-state index in [0.29, 0.717) is 0 Å². The summed E-state index contributed by atoms with van der Waals surface area (Å²) in [4.78, 5) is 8.76. The minimum atomic E-state index is -0.784. The number of nitrogens with zero attached hydrogens (tertiary/aromatic N) is 2. The highest BCUT2D eigenvalue weighted by Gasteiger charge is 2.19. The minimum absolute atomic E-state index is 0.261. The van der Waals surface area contributed by atoms with Crippen molar-refractivity contribution in [2.45, 2.75) is 25.4 Å². The number of benzene rings is 1. The zero-order valence-electron chi connectivity index (χ0n) is 11.8. The van der Waals surface area contributed by atoms with Crippen LogP contribution in [-0.2, 0) is 12.8 Å². The van der Waals surface area contributed by atoms with Gasteiger partial charge in [-0.15, -0.1) is 0 Å². The highest BCUT2D eigenvalue weighted by molar-refractivity contribution is 5.72. The topological polar surface area (TPSA) is 78.3 Å². The van der Waals surface area contributed by atoms with E-state index in [1.54, 1.807) is 6.33 Å². The molecule has 110 valence electrons. The summed E-state index contributed by atoms with van der Waals surface area (Å²) < 4.78 is 0. The number of aliphatic hydroxyl groups excluding tert-OH is 2. The third kappa shape index (κ3) is 2.89. The molecule has 1 unspecified atom stereocenters. The molecule has 0 fully saturated rings. The largest absolute Gasteiger partial charge is 0.394 e. The van der Waals surface area contributed by atoms with Gasteiger partial charge in [0.05, 0.1) is 18.4 Å². The van der Waals surface area contributed by atoms with E-state index in [-0.39, 0.29) is 13.2 Å². The van der Waals surface area contributed by atoms with Crippen LogP contribution in [0.3, 0.4) is 0 Å². The van der Waals surface area contributed by atoms with Crippen LogP contribution in [0.25, 0.3) is 11.3 Å². The lowest BCUT2D eigenvalue weighted by atomic mass is 10.0. The van der Waals surface area contributed by atoms with Crippen LogP contribution >= 0.6 is 0 Å². The van der Waals surface area contributed by atoms with Crippen LogP contribution in [0.15, 0.2) is 30.6 Å². The molecule has 0 bridgehead atoms. The molecule has 0 saturated heterocycles. The predicted octanol–water partition coefficient (Wildman–Crippen LogP) is 1.40. The lowest BCUT2D eigenvalue weighted by Gasteiger charge is -2.14. The molecule has 0 radical (unpaired) electrons. The minimum Gasteiger partial charge on any atom is -0.394 e. The molecule has 3 rings (SSSR count). The molecule has 1 aliphatic carbocycles. The third-order valence-electron chi connectivity index (χ3n) is 3.81. The molecule has 2 aromatic rings. The van der Waals surface area contributed by atoms with E-state index in [2.05, 4.69) is 33.5 Å². The van der Waals surface area contributed by atoms with E-state index in [4.69, 9.17) is 5.11 Å². The molecule has 3 N–H and O–H groups in total. The Bertz CT molecular complexity index is 631. The van der Waals surface area contributed by atoms with Gasteiger partial charge in [-0.2, -0.15) is 0 Å². The van der Waals surface area contributed by atoms with E-state index in [9.17, 15) is 5.11 Å². The summed E-state index contributed by atoms with van der Waals surface area (Å²) in [5.74, 6) is 0.754. The van der Waals surface area contributed by atoms with E-state index in [1.165, 1.54) is 5.56 Å². The Labute approximate surface area is 123 Å². The lowest BCUT2D eigenvalue weighted by molar-refractivity contribution is 0.105. The molecule has 21 heavy (non-hydrogen) atoms. The predicted molar refractivity (Wildman–Crippen MR) is 81.1 cm³/mol. The van der Waals surface area contributed by atoms with Crippen molar-refractivity contribution in [1.82, 2.24) is 9.97 Å². The van der Waals surface area contributed by atoms with E-state index < -0.39 is 6.10 Å². The molecule has 5 heteroatoms. The zero-order chi connectivity index (χ0) is 14.7. The van der Waals surface area contributed by atoms with Crippen molar-refractivity contribution in [1.29, 1.82) is 0 Å². The summed E-state index contributed by atoms with van der Waals surface area (Å²) in [5.41, 5.74) is 4.54. The second-order valence-corrected chi connectivity index (χ2v) is 5.28. The number of fused-ring (bicyclic) bond motifs is 3. The van der Waals surface area contributed by atoms with Crippen LogP contribution in [0.4, 0.5) is 5.82 Å². The van der Waals surface area contributed by atoms with Crippen molar-refractivity contribution in [3.63, 3.8) is 0 Å².